The maximum Gasteiger partial charge on any atom is 0.175 e. The standard InChI is InChI=1S/C22H27NO3S/c1-21(24,18-8-10-19(11-9-18)27(2,25)26)15-23-14-17-6-3-4-7-20(17)22(16-23)12-5-13-22/h3-4,6-11,24H,5,12-16H2,1-2H3/t21-/m0/s1. The Kier molecular flexibility index (Phi) is 4.45. The molecule has 4 rings (SSSR count). The van der Waals surface area contributed by atoms with Gasteiger partial charge in [0.1, 0.15) is 0 Å². The summed E-state index contributed by atoms with van der Waals surface area (Å²) in [5.74, 6) is 0. The van der Waals surface area contributed by atoms with Crippen LogP contribution in [-0.4, -0.2) is 37.8 Å². The summed E-state index contributed by atoms with van der Waals surface area (Å²) in [6, 6.07) is 15.3. The zero-order valence-corrected chi connectivity index (χ0v) is 16.8. The van der Waals surface area contributed by atoms with Crippen LogP contribution in [0, 0.1) is 0 Å². The molecule has 144 valence electrons. The lowest BCUT2D eigenvalue weighted by Crippen LogP contribution is -2.52. The molecule has 0 unspecified atom stereocenters. The summed E-state index contributed by atoms with van der Waals surface area (Å²) in [4.78, 5) is 2.63. The van der Waals surface area contributed by atoms with Gasteiger partial charge < -0.3 is 5.11 Å². The average Bonchev–Trinajstić information content (AvgIpc) is 2.58. The highest BCUT2D eigenvalue weighted by Gasteiger charge is 2.45. The molecular weight excluding hydrogens is 358 g/mol. The van der Waals surface area contributed by atoms with Crippen molar-refractivity contribution in [3.8, 4) is 0 Å². The fraction of sp³-hybridized carbons (Fsp3) is 0.455. The first-order valence-electron chi connectivity index (χ1n) is 9.53. The van der Waals surface area contributed by atoms with E-state index in [1.165, 1.54) is 36.6 Å². The van der Waals surface area contributed by atoms with Gasteiger partial charge in [-0.15, -0.1) is 0 Å². The smallest absolute Gasteiger partial charge is 0.175 e. The second-order valence-corrected chi connectivity index (χ2v) is 10.5. The van der Waals surface area contributed by atoms with Gasteiger partial charge in [-0.05, 0) is 48.6 Å². The van der Waals surface area contributed by atoms with Gasteiger partial charge in [-0.1, -0.05) is 42.8 Å². The third-order valence-electron chi connectivity index (χ3n) is 6.26. The maximum absolute atomic E-state index is 11.7. The summed E-state index contributed by atoms with van der Waals surface area (Å²) in [5, 5.41) is 11.1. The van der Waals surface area contributed by atoms with Gasteiger partial charge in [0.05, 0.1) is 10.5 Å². The SMILES string of the molecule is C[C@](O)(CN1Cc2ccccc2C2(CCC2)C1)c1ccc(S(C)(=O)=O)cc1. The zero-order chi connectivity index (χ0) is 19.3. The Morgan fingerprint density at radius 3 is 2.37 bits per heavy atom. The second kappa shape index (κ2) is 6.43. The van der Waals surface area contributed by atoms with Crippen molar-refractivity contribution in [3.63, 3.8) is 0 Å². The van der Waals surface area contributed by atoms with Crippen LogP contribution in [0.5, 0.6) is 0 Å². The molecule has 27 heavy (non-hydrogen) atoms. The third-order valence-corrected chi connectivity index (χ3v) is 7.38. The molecule has 0 bridgehead atoms. The number of hydrogen-bond donors (Lipinski definition) is 1. The molecule has 5 heteroatoms. The van der Waals surface area contributed by atoms with Crippen LogP contribution in [0.15, 0.2) is 53.4 Å². The topological polar surface area (TPSA) is 57.6 Å². The van der Waals surface area contributed by atoms with E-state index in [4.69, 9.17) is 0 Å². The Morgan fingerprint density at radius 2 is 1.78 bits per heavy atom. The molecule has 1 fully saturated rings. The van der Waals surface area contributed by atoms with Crippen molar-refractivity contribution in [1.82, 2.24) is 4.90 Å². The number of rotatable bonds is 4. The average molecular weight is 386 g/mol. The summed E-state index contributed by atoms with van der Waals surface area (Å²) in [7, 11) is -3.23. The molecule has 0 aromatic heterocycles. The van der Waals surface area contributed by atoms with E-state index in [-0.39, 0.29) is 10.3 Å². The quantitative estimate of drug-likeness (QED) is 0.878. The lowest BCUT2D eigenvalue weighted by molar-refractivity contribution is -0.00606. The molecule has 0 saturated heterocycles. The van der Waals surface area contributed by atoms with Gasteiger partial charge >= 0.3 is 0 Å². The van der Waals surface area contributed by atoms with E-state index in [9.17, 15) is 13.5 Å². The Bertz CT molecular complexity index is 944. The fourth-order valence-corrected chi connectivity index (χ4v) is 5.35. The first kappa shape index (κ1) is 18.7. The first-order chi connectivity index (χ1) is 12.7. The number of sulfone groups is 1. The van der Waals surface area contributed by atoms with E-state index >= 15 is 0 Å². The largest absolute Gasteiger partial charge is 0.384 e. The first-order valence-corrected chi connectivity index (χ1v) is 11.4. The molecule has 0 amide bonds. The molecule has 1 heterocycles. The fourth-order valence-electron chi connectivity index (χ4n) is 4.72. The lowest BCUT2D eigenvalue weighted by Gasteiger charge is -2.51. The summed E-state index contributed by atoms with van der Waals surface area (Å²) in [5.41, 5.74) is 2.81. The third kappa shape index (κ3) is 3.44. The predicted molar refractivity (Wildman–Crippen MR) is 106 cm³/mol. The summed E-state index contributed by atoms with van der Waals surface area (Å²) >= 11 is 0. The molecule has 1 spiro atoms. The van der Waals surface area contributed by atoms with Gasteiger partial charge in [-0.3, -0.25) is 4.90 Å². The second-order valence-electron chi connectivity index (χ2n) is 8.51. The van der Waals surface area contributed by atoms with Gasteiger partial charge in [-0.25, -0.2) is 8.42 Å². The molecule has 0 radical (unpaired) electrons. The van der Waals surface area contributed by atoms with Crippen LogP contribution in [0.2, 0.25) is 0 Å². The molecule has 1 atom stereocenters. The van der Waals surface area contributed by atoms with Gasteiger partial charge in [0, 0.05) is 31.3 Å². The molecule has 1 aliphatic heterocycles. The molecule has 2 aliphatic rings. The highest BCUT2D eigenvalue weighted by molar-refractivity contribution is 7.90. The number of benzene rings is 2. The molecule has 2 aromatic rings. The number of aliphatic hydroxyl groups is 1. The molecule has 1 aliphatic carbocycles. The number of hydrogen-bond acceptors (Lipinski definition) is 4. The van der Waals surface area contributed by atoms with Gasteiger partial charge in [0.2, 0.25) is 0 Å². The van der Waals surface area contributed by atoms with Crippen molar-refractivity contribution in [2.75, 3.05) is 19.3 Å². The van der Waals surface area contributed by atoms with Crippen LogP contribution in [-0.2, 0) is 27.4 Å². The molecule has 1 saturated carbocycles. The Morgan fingerprint density at radius 1 is 1.11 bits per heavy atom. The summed E-state index contributed by atoms with van der Waals surface area (Å²) in [6.07, 6.45) is 4.90. The lowest BCUT2D eigenvalue weighted by atomic mass is 9.61. The van der Waals surface area contributed by atoms with Crippen LogP contribution in [0.3, 0.4) is 0 Å². The molecule has 4 nitrogen and oxygen atoms in total. The highest BCUT2D eigenvalue weighted by atomic mass is 32.2. The number of fused-ring (bicyclic) bond motifs is 2. The van der Waals surface area contributed by atoms with E-state index in [0.717, 1.165) is 18.7 Å². The van der Waals surface area contributed by atoms with Crippen molar-refractivity contribution >= 4 is 9.84 Å². The monoisotopic (exact) mass is 385 g/mol. The van der Waals surface area contributed by atoms with Crippen LogP contribution in [0.1, 0.15) is 42.9 Å². The Hall–Kier alpha value is -1.69. The minimum atomic E-state index is -3.23. The van der Waals surface area contributed by atoms with E-state index in [2.05, 4.69) is 29.2 Å². The summed E-state index contributed by atoms with van der Waals surface area (Å²) in [6.45, 7) is 4.16. The van der Waals surface area contributed by atoms with Crippen molar-refractivity contribution in [3.05, 3.63) is 65.2 Å². The summed E-state index contributed by atoms with van der Waals surface area (Å²) < 4.78 is 23.3. The van der Waals surface area contributed by atoms with Crippen molar-refractivity contribution in [1.29, 1.82) is 0 Å². The minimum absolute atomic E-state index is 0.241. The number of nitrogens with zero attached hydrogens (tertiary/aromatic N) is 1. The van der Waals surface area contributed by atoms with Crippen molar-refractivity contribution < 1.29 is 13.5 Å². The molecule has 2 aromatic carbocycles. The molecule has 1 N–H and O–H groups in total. The van der Waals surface area contributed by atoms with Crippen LogP contribution in [0.25, 0.3) is 0 Å². The minimum Gasteiger partial charge on any atom is -0.384 e. The van der Waals surface area contributed by atoms with Crippen LogP contribution in [0.4, 0.5) is 0 Å². The Labute approximate surface area is 161 Å². The van der Waals surface area contributed by atoms with Crippen molar-refractivity contribution in [2.45, 2.75) is 48.6 Å². The van der Waals surface area contributed by atoms with Gasteiger partial charge in [0.15, 0.2) is 9.84 Å². The highest BCUT2D eigenvalue weighted by Crippen LogP contribution is 2.48. The zero-order valence-electron chi connectivity index (χ0n) is 16.0. The van der Waals surface area contributed by atoms with Gasteiger partial charge in [0.25, 0.3) is 0 Å². The van der Waals surface area contributed by atoms with Crippen molar-refractivity contribution in [2.24, 2.45) is 0 Å². The maximum atomic E-state index is 11.7. The normalized spacial score (nSPS) is 21.3. The molecular formula is C22H27NO3S. The Balaban J connectivity index is 1.56. The van der Waals surface area contributed by atoms with Gasteiger partial charge in [-0.2, -0.15) is 0 Å². The van der Waals surface area contributed by atoms with E-state index in [0.29, 0.717) is 6.54 Å². The van der Waals surface area contributed by atoms with Crippen LogP contribution < -0.4 is 0 Å². The number of β-amino-alcohol motifs (C(OH)–C–C–N with tert-alkyl or cyclic N) is 1. The van der Waals surface area contributed by atoms with E-state index in [1.54, 1.807) is 24.3 Å². The van der Waals surface area contributed by atoms with E-state index < -0.39 is 15.4 Å². The van der Waals surface area contributed by atoms with E-state index in [1.807, 2.05) is 6.92 Å². The van der Waals surface area contributed by atoms with Crippen LogP contribution >= 0.6 is 0 Å². The predicted octanol–water partition coefficient (Wildman–Crippen LogP) is 3.24.